The monoisotopic (exact) mass is 412 g/mol. The zero-order valence-electron chi connectivity index (χ0n) is 14.4. The number of hydrogen-bond acceptors (Lipinski definition) is 3. The van der Waals surface area contributed by atoms with Gasteiger partial charge in [-0.05, 0) is 42.3 Å². The lowest BCUT2D eigenvalue weighted by atomic mass is 10.1. The Morgan fingerprint density at radius 1 is 1.18 bits per heavy atom. The lowest BCUT2D eigenvalue weighted by Gasteiger charge is -2.28. The van der Waals surface area contributed by atoms with Gasteiger partial charge in [0.25, 0.3) is 0 Å². The van der Waals surface area contributed by atoms with Crippen LogP contribution in [0.2, 0.25) is 0 Å². The molecular formula is C19H16F4N2O2S. The van der Waals surface area contributed by atoms with Gasteiger partial charge < -0.3 is 10.6 Å². The molecule has 0 radical (unpaired) electrons. The van der Waals surface area contributed by atoms with Crippen LogP contribution in [0.1, 0.15) is 11.1 Å². The van der Waals surface area contributed by atoms with Crippen molar-refractivity contribution in [2.24, 2.45) is 0 Å². The molecule has 1 fully saturated rings. The molecule has 0 spiro atoms. The molecule has 2 N–H and O–H groups in total. The number of halogens is 4. The second-order valence-corrected chi connectivity index (χ2v) is 7.52. The topological polar surface area (TPSA) is 58.2 Å². The molecule has 1 aliphatic rings. The van der Waals surface area contributed by atoms with E-state index >= 15 is 0 Å². The van der Waals surface area contributed by atoms with E-state index in [1.807, 2.05) is 0 Å². The molecule has 1 aliphatic heterocycles. The molecule has 2 unspecified atom stereocenters. The van der Waals surface area contributed by atoms with Crippen LogP contribution in [0.5, 0.6) is 0 Å². The van der Waals surface area contributed by atoms with E-state index in [0.29, 0.717) is 6.42 Å². The number of carbonyl (C=O) groups excluding carboxylic acids is 2. The number of anilines is 1. The van der Waals surface area contributed by atoms with Crippen molar-refractivity contribution in [2.75, 3.05) is 11.1 Å². The third-order valence-electron chi connectivity index (χ3n) is 4.18. The molecule has 1 saturated heterocycles. The third kappa shape index (κ3) is 5.03. The van der Waals surface area contributed by atoms with E-state index in [0.717, 1.165) is 17.7 Å². The summed E-state index contributed by atoms with van der Waals surface area (Å²) < 4.78 is 51.2. The molecule has 0 saturated carbocycles. The van der Waals surface area contributed by atoms with Crippen molar-refractivity contribution in [3.8, 4) is 0 Å². The summed E-state index contributed by atoms with van der Waals surface area (Å²) >= 11 is 1.28. The van der Waals surface area contributed by atoms with Gasteiger partial charge in [-0.2, -0.15) is 13.2 Å². The third-order valence-corrected chi connectivity index (χ3v) is 5.49. The standard InChI is InChI=1S/C19H16F4N2O2S/c20-13-6-4-11(5-7-13)8-16-18(27)25-15(10-28-16)17(26)24-14-3-1-2-12(9-14)19(21,22)23/h1-7,9,15-16H,8,10H2,(H,24,26)(H,25,27). The van der Waals surface area contributed by atoms with Gasteiger partial charge in [0.2, 0.25) is 11.8 Å². The number of amides is 2. The zero-order chi connectivity index (χ0) is 20.3. The Bertz CT molecular complexity index is 871. The van der Waals surface area contributed by atoms with Gasteiger partial charge in [-0.3, -0.25) is 9.59 Å². The summed E-state index contributed by atoms with van der Waals surface area (Å²) in [6.45, 7) is 0. The minimum atomic E-state index is -4.51. The highest BCUT2D eigenvalue weighted by molar-refractivity contribution is 8.00. The summed E-state index contributed by atoms with van der Waals surface area (Å²) in [5.41, 5.74) is -0.0693. The summed E-state index contributed by atoms with van der Waals surface area (Å²) in [6.07, 6.45) is -4.12. The summed E-state index contributed by atoms with van der Waals surface area (Å²) in [7, 11) is 0. The van der Waals surface area contributed by atoms with Gasteiger partial charge in [0, 0.05) is 11.4 Å². The molecule has 0 aromatic heterocycles. The highest BCUT2D eigenvalue weighted by Gasteiger charge is 2.33. The fourth-order valence-electron chi connectivity index (χ4n) is 2.72. The van der Waals surface area contributed by atoms with Gasteiger partial charge in [0.15, 0.2) is 0 Å². The number of benzene rings is 2. The van der Waals surface area contributed by atoms with E-state index in [2.05, 4.69) is 10.6 Å². The van der Waals surface area contributed by atoms with Gasteiger partial charge in [-0.15, -0.1) is 11.8 Å². The van der Waals surface area contributed by atoms with Crippen molar-refractivity contribution in [3.05, 3.63) is 65.5 Å². The first-order chi connectivity index (χ1) is 13.2. The molecule has 4 nitrogen and oxygen atoms in total. The Morgan fingerprint density at radius 3 is 2.54 bits per heavy atom. The average Bonchev–Trinajstić information content (AvgIpc) is 2.64. The fourth-order valence-corrected chi connectivity index (χ4v) is 3.91. The highest BCUT2D eigenvalue weighted by atomic mass is 32.2. The maximum atomic E-state index is 13.0. The first-order valence-electron chi connectivity index (χ1n) is 8.37. The van der Waals surface area contributed by atoms with Crippen LogP contribution >= 0.6 is 11.8 Å². The Labute approximate surface area is 162 Å². The van der Waals surface area contributed by atoms with E-state index in [4.69, 9.17) is 0 Å². The van der Waals surface area contributed by atoms with Gasteiger partial charge in [-0.25, -0.2) is 4.39 Å². The minimum Gasteiger partial charge on any atom is -0.343 e. The van der Waals surface area contributed by atoms with Crippen LogP contribution in [0, 0.1) is 5.82 Å². The largest absolute Gasteiger partial charge is 0.416 e. The SMILES string of the molecule is O=C(Nc1cccc(C(F)(F)F)c1)C1CSC(Cc2ccc(F)cc2)C(=O)N1. The molecule has 148 valence electrons. The van der Waals surface area contributed by atoms with Gasteiger partial charge in [0.05, 0.1) is 10.8 Å². The first-order valence-corrected chi connectivity index (χ1v) is 9.42. The van der Waals surface area contributed by atoms with Crippen LogP contribution < -0.4 is 10.6 Å². The van der Waals surface area contributed by atoms with E-state index in [9.17, 15) is 27.2 Å². The Hall–Kier alpha value is -2.55. The van der Waals surface area contributed by atoms with Crippen LogP contribution in [-0.2, 0) is 22.2 Å². The number of hydrogen-bond donors (Lipinski definition) is 2. The van der Waals surface area contributed by atoms with Crippen LogP contribution in [0.25, 0.3) is 0 Å². The number of nitrogens with one attached hydrogen (secondary N) is 2. The molecular weight excluding hydrogens is 396 g/mol. The number of carbonyl (C=O) groups is 2. The number of thioether (sulfide) groups is 1. The number of alkyl halides is 3. The highest BCUT2D eigenvalue weighted by Crippen LogP contribution is 2.31. The molecule has 2 aromatic carbocycles. The van der Waals surface area contributed by atoms with E-state index in [1.54, 1.807) is 12.1 Å². The predicted molar refractivity (Wildman–Crippen MR) is 98.4 cm³/mol. The van der Waals surface area contributed by atoms with Crippen molar-refractivity contribution >= 4 is 29.3 Å². The molecule has 2 amide bonds. The van der Waals surface area contributed by atoms with Crippen molar-refractivity contribution in [3.63, 3.8) is 0 Å². The normalized spacial score (nSPS) is 19.8. The molecule has 2 atom stereocenters. The van der Waals surface area contributed by atoms with Gasteiger partial charge in [0.1, 0.15) is 11.9 Å². The van der Waals surface area contributed by atoms with Crippen molar-refractivity contribution in [1.82, 2.24) is 5.32 Å². The summed E-state index contributed by atoms with van der Waals surface area (Å²) in [5, 5.41) is 4.57. The van der Waals surface area contributed by atoms with Crippen LogP contribution in [0.4, 0.5) is 23.2 Å². The summed E-state index contributed by atoms with van der Waals surface area (Å²) in [5.74, 6) is -1.01. The van der Waals surface area contributed by atoms with Crippen LogP contribution in [0.15, 0.2) is 48.5 Å². The zero-order valence-corrected chi connectivity index (χ0v) is 15.2. The van der Waals surface area contributed by atoms with Crippen molar-refractivity contribution in [2.45, 2.75) is 23.9 Å². The first kappa shape index (κ1) is 20.2. The molecule has 9 heteroatoms. The smallest absolute Gasteiger partial charge is 0.343 e. The fraction of sp³-hybridized carbons (Fsp3) is 0.263. The van der Waals surface area contributed by atoms with Gasteiger partial charge in [-0.1, -0.05) is 18.2 Å². The molecule has 28 heavy (non-hydrogen) atoms. The number of rotatable bonds is 4. The molecule has 3 rings (SSSR count). The predicted octanol–water partition coefficient (Wildman–Crippen LogP) is 3.63. The molecule has 0 aliphatic carbocycles. The Balaban J connectivity index is 1.58. The second-order valence-electron chi connectivity index (χ2n) is 6.28. The molecule has 0 bridgehead atoms. The molecule has 1 heterocycles. The Morgan fingerprint density at radius 2 is 1.89 bits per heavy atom. The quantitative estimate of drug-likeness (QED) is 0.755. The maximum Gasteiger partial charge on any atom is 0.416 e. The van der Waals surface area contributed by atoms with Crippen molar-refractivity contribution < 1.29 is 27.2 Å². The lowest BCUT2D eigenvalue weighted by Crippen LogP contribution is -2.52. The maximum absolute atomic E-state index is 13.0. The molecule has 2 aromatic rings. The lowest BCUT2D eigenvalue weighted by molar-refractivity contribution is -0.137. The van der Waals surface area contributed by atoms with Crippen LogP contribution in [0.3, 0.4) is 0 Å². The van der Waals surface area contributed by atoms with Crippen molar-refractivity contribution in [1.29, 1.82) is 0 Å². The van der Waals surface area contributed by atoms with E-state index in [-0.39, 0.29) is 23.2 Å². The summed E-state index contributed by atoms with van der Waals surface area (Å²) in [6, 6.07) is 9.26. The van der Waals surface area contributed by atoms with E-state index in [1.165, 1.54) is 36.0 Å². The second kappa shape index (κ2) is 8.22. The summed E-state index contributed by atoms with van der Waals surface area (Å²) in [4.78, 5) is 24.6. The average molecular weight is 412 g/mol. The van der Waals surface area contributed by atoms with Gasteiger partial charge >= 0.3 is 6.18 Å². The van der Waals surface area contributed by atoms with Crippen LogP contribution in [-0.4, -0.2) is 28.9 Å². The minimum absolute atomic E-state index is 0.00695. The Kier molecular flexibility index (Phi) is 5.93. The van der Waals surface area contributed by atoms with E-state index < -0.39 is 28.9 Å².